The van der Waals surface area contributed by atoms with E-state index in [4.69, 9.17) is 0 Å². The van der Waals surface area contributed by atoms with Gasteiger partial charge in [-0.05, 0) is 56.2 Å². The van der Waals surface area contributed by atoms with Gasteiger partial charge in [-0.25, -0.2) is 13.5 Å². The molecule has 3 aromatic rings. The third kappa shape index (κ3) is 5.16. The number of hydrogen-bond donors (Lipinski definition) is 2. The second-order valence-electron chi connectivity index (χ2n) is 10.8. The summed E-state index contributed by atoms with van der Waals surface area (Å²) in [5.41, 5.74) is 0.835. The summed E-state index contributed by atoms with van der Waals surface area (Å²) in [6, 6.07) is 12.2. The highest BCUT2D eigenvalue weighted by Crippen LogP contribution is 2.57. The van der Waals surface area contributed by atoms with Crippen molar-refractivity contribution in [1.82, 2.24) is 25.3 Å². The first-order chi connectivity index (χ1) is 18.1. The fraction of sp³-hybridized carbons (Fsp3) is 0.464. The molecule has 0 saturated heterocycles. The molecule has 6 rings (SSSR count). The highest BCUT2D eigenvalue weighted by molar-refractivity contribution is 5.85. The topological polar surface area (TPSA) is 110 Å². The second-order valence-corrected chi connectivity index (χ2v) is 10.8. The Kier molecular flexibility index (Phi) is 6.75. The van der Waals surface area contributed by atoms with Gasteiger partial charge in [0.1, 0.15) is 0 Å². The Morgan fingerprint density at radius 1 is 1.03 bits per heavy atom. The number of halogens is 2. The third-order valence-electron chi connectivity index (χ3n) is 8.34. The number of amides is 1. The van der Waals surface area contributed by atoms with E-state index in [2.05, 4.69) is 20.6 Å². The van der Waals surface area contributed by atoms with E-state index in [0.29, 0.717) is 56.3 Å². The zero-order chi connectivity index (χ0) is 27.0. The molecule has 1 amide bonds. The molecule has 1 aromatic carbocycles. The van der Waals surface area contributed by atoms with Gasteiger partial charge in [0, 0.05) is 36.7 Å². The summed E-state index contributed by atoms with van der Waals surface area (Å²) in [7, 11) is 0. The lowest BCUT2D eigenvalue weighted by molar-refractivity contribution is -0.163. The molecule has 2 N–H and O–H groups in total. The van der Waals surface area contributed by atoms with Crippen LogP contribution in [0.1, 0.15) is 74.0 Å². The first-order valence-electron chi connectivity index (χ1n) is 12.9. The van der Waals surface area contributed by atoms with Crippen molar-refractivity contribution in [2.75, 3.05) is 0 Å². The predicted molar refractivity (Wildman–Crippen MR) is 134 cm³/mol. The summed E-state index contributed by atoms with van der Waals surface area (Å²) in [5, 5.41) is 21.4. The lowest BCUT2D eigenvalue weighted by Crippen LogP contribution is -2.53. The Bertz CT molecular complexity index is 1280. The molecule has 0 aliphatic heterocycles. The second kappa shape index (κ2) is 9.89. The molecule has 1 unspecified atom stereocenters. The van der Waals surface area contributed by atoms with Gasteiger partial charge >= 0.3 is 5.97 Å². The molecule has 0 radical (unpaired) electrons. The number of aromatic nitrogens is 4. The number of fused-ring (bicyclic) bond motifs is 3. The van der Waals surface area contributed by atoms with Crippen molar-refractivity contribution in [3.63, 3.8) is 0 Å². The van der Waals surface area contributed by atoms with Crippen molar-refractivity contribution in [2.24, 2.45) is 10.8 Å². The summed E-state index contributed by atoms with van der Waals surface area (Å²) >= 11 is 0. The van der Waals surface area contributed by atoms with Crippen LogP contribution in [0, 0.1) is 10.8 Å². The van der Waals surface area contributed by atoms with E-state index < -0.39 is 22.7 Å². The molecule has 200 valence electrons. The van der Waals surface area contributed by atoms with E-state index in [0.717, 1.165) is 12.5 Å². The molecule has 2 bridgehead atoms. The molecule has 3 saturated carbocycles. The average molecular weight is 524 g/mol. The number of hydrogen-bond acceptors (Lipinski definition) is 5. The van der Waals surface area contributed by atoms with Crippen molar-refractivity contribution in [3.8, 4) is 0 Å². The molecular weight excluding hydrogens is 492 g/mol. The van der Waals surface area contributed by atoms with Gasteiger partial charge in [0.2, 0.25) is 5.91 Å². The molecule has 2 aromatic heterocycles. The highest BCUT2D eigenvalue weighted by atomic mass is 19.3. The molecular formula is C28H31F2N5O3. The fourth-order valence-electron chi connectivity index (χ4n) is 5.76. The van der Waals surface area contributed by atoms with Crippen molar-refractivity contribution < 1.29 is 23.5 Å². The molecule has 10 heteroatoms. The van der Waals surface area contributed by atoms with Crippen molar-refractivity contribution >= 4 is 11.9 Å². The summed E-state index contributed by atoms with van der Waals surface area (Å²) in [6.07, 6.45) is 6.70. The zero-order valence-electron chi connectivity index (χ0n) is 21.2. The van der Waals surface area contributed by atoms with E-state index in [1.165, 1.54) is 12.3 Å². The van der Waals surface area contributed by atoms with Gasteiger partial charge in [-0.3, -0.25) is 14.6 Å². The van der Waals surface area contributed by atoms with Gasteiger partial charge < -0.3 is 10.4 Å². The average Bonchev–Trinajstić information content (AvgIpc) is 3.36. The SMILES string of the molecule is CC(F)(F)c1ccc(Cn2cc(CC(NC(=O)C34CCC(C(=O)O)(CC3)CC4)c3ccccc3)nn2)nc1. The Morgan fingerprint density at radius 2 is 1.68 bits per heavy atom. The quantitative estimate of drug-likeness (QED) is 0.422. The molecule has 2 heterocycles. The number of carboxylic acids is 1. The van der Waals surface area contributed by atoms with Gasteiger partial charge in [0.25, 0.3) is 5.92 Å². The third-order valence-corrected chi connectivity index (χ3v) is 8.34. The van der Waals surface area contributed by atoms with Gasteiger partial charge in [0.05, 0.1) is 29.4 Å². The Hall–Kier alpha value is -3.69. The smallest absolute Gasteiger partial charge is 0.309 e. The van der Waals surface area contributed by atoms with Crippen molar-refractivity contribution in [2.45, 2.75) is 70.4 Å². The maximum Gasteiger partial charge on any atom is 0.309 e. The maximum atomic E-state index is 13.6. The largest absolute Gasteiger partial charge is 0.481 e. The van der Waals surface area contributed by atoms with Crippen LogP contribution in [0.2, 0.25) is 0 Å². The standard InChI is InChI=1S/C28H31F2N5O3/c1-26(29,30)20-7-8-21(31-16-20)17-35-18-22(33-34-35)15-23(19-5-3-2-4-6-19)32-24(36)27-9-12-28(13-10-27,14-11-27)25(37)38/h2-8,16,18,23H,9-15,17H2,1H3,(H,32,36)(H,37,38). The van der Waals surface area contributed by atoms with Gasteiger partial charge in [-0.2, -0.15) is 0 Å². The van der Waals surface area contributed by atoms with Crippen LogP contribution in [-0.4, -0.2) is 37.0 Å². The van der Waals surface area contributed by atoms with Crippen LogP contribution in [0.4, 0.5) is 8.78 Å². The zero-order valence-corrected chi connectivity index (χ0v) is 21.2. The van der Waals surface area contributed by atoms with Crippen LogP contribution in [0.3, 0.4) is 0 Å². The van der Waals surface area contributed by atoms with Crippen LogP contribution < -0.4 is 5.32 Å². The Labute approximate surface area is 219 Å². The number of alkyl halides is 2. The van der Waals surface area contributed by atoms with E-state index in [1.54, 1.807) is 16.9 Å². The maximum absolute atomic E-state index is 13.6. The lowest BCUT2D eigenvalue weighted by Gasteiger charge is -2.50. The van der Waals surface area contributed by atoms with E-state index in [1.807, 2.05) is 30.3 Å². The van der Waals surface area contributed by atoms with Crippen molar-refractivity contribution in [3.05, 3.63) is 77.4 Å². The van der Waals surface area contributed by atoms with E-state index >= 15 is 0 Å². The number of nitrogens with one attached hydrogen (secondary N) is 1. The minimum absolute atomic E-state index is 0.0329. The Morgan fingerprint density at radius 3 is 2.26 bits per heavy atom. The summed E-state index contributed by atoms with van der Waals surface area (Å²) < 4.78 is 28.5. The number of carboxylic acid groups (broad SMARTS) is 1. The number of nitrogens with zero attached hydrogens (tertiary/aromatic N) is 4. The highest BCUT2D eigenvalue weighted by Gasteiger charge is 2.55. The number of rotatable bonds is 9. The minimum Gasteiger partial charge on any atom is -0.481 e. The first kappa shape index (κ1) is 25.9. The van der Waals surface area contributed by atoms with E-state index in [9.17, 15) is 23.5 Å². The Balaban J connectivity index is 1.28. The van der Waals surface area contributed by atoms with Crippen LogP contribution in [0.5, 0.6) is 0 Å². The first-order valence-corrected chi connectivity index (χ1v) is 12.9. The molecule has 38 heavy (non-hydrogen) atoms. The normalized spacial score (nSPS) is 23.7. The van der Waals surface area contributed by atoms with Crippen LogP contribution >= 0.6 is 0 Å². The van der Waals surface area contributed by atoms with Crippen LogP contribution in [0.25, 0.3) is 0 Å². The summed E-state index contributed by atoms with van der Waals surface area (Å²) in [5.74, 6) is -3.72. The van der Waals surface area contributed by atoms with Gasteiger partial charge in [-0.15, -0.1) is 5.10 Å². The number of pyridine rings is 1. The van der Waals surface area contributed by atoms with Crippen LogP contribution in [-0.2, 0) is 28.5 Å². The summed E-state index contributed by atoms with van der Waals surface area (Å²) in [4.78, 5) is 29.5. The number of aliphatic carboxylic acids is 1. The molecule has 0 spiro atoms. The predicted octanol–water partition coefficient (Wildman–Crippen LogP) is 4.66. The molecule has 3 aliphatic rings. The number of benzene rings is 1. The van der Waals surface area contributed by atoms with Crippen molar-refractivity contribution in [1.29, 1.82) is 0 Å². The summed E-state index contributed by atoms with van der Waals surface area (Å²) in [6.45, 7) is 1.11. The van der Waals surface area contributed by atoms with Gasteiger partial charge in [-0.1, -0.05) is 35.5 Å². The van der Waals surface area contributed by atoms with Crippen LogP contribution in [0.15, 0.2) is 54.9 Å². The number of carbonyl (C=O) groups is 2. The number of carbonyl (C=O) groups excluding carboxylic acids is 1. The monoisotopic (exact) mass is 523 g/mol. The molecule has 3 fully saturated rings. The molecule has 3 aliphatic carbocycles. The molecule has 1 atom stereocenters. The fourth-order valence-corrected chi connectivity index (χ4v) is 5.76. The molecule has 8 nitrogen and oxygen atoms in total. The van der Waals surface area contributed by atoms with Gasteiger partial charge in [0.15, 0.2) is 0 Å². The lowest BCUT2D eigenvalue weighted by atomic mass is 9.53. The minimum atomic E-state index is -2.95. The van der Waals surface area contributed by atoms with E-state index in [-0.39, 0.29) is 24.1 Å².